The summed E-state index contributed by atoms with van der Waals surface area (Å²) in [6.07, 6.45) is 8.90. The molecule has 1 aliphatic carbocycles. The van der Waals surface area contributed by atoms with Crippen molar-refractivity contribution in [2.75, 3.05) is 0 Å². The highest BCUT2D eigenvalue weighted by atomic mass is 16.1. The van der Waals surface area contributed by atoms with Crippen LogP contribution in [-0.2, 0) is 13.0 Å². The van der Waals surface area contributed by atoms with Crippen LogP contribution in [0.25, 0.3) is 17.7 Å². The number of hydrogen-bond acceptors (Lipinski definition) is 2. The molecule has 1 aromatic heterocycles. The first-order valence-electron chi connectivity index (χ1n) is 7.39. The second kappa shape index (κ2) is 4.85. The fraction of sp³-hybridized carbons (Fsp3) is 0.222. The number of aromatic nitrogens is 2. The van der Waals surface area contributed by atoms with Crippen molar-refractivity contribution in [3.8, 4) is 0 Å². The molecule has 2 aliphatic rings. The SMILES string of the molecule is O=c1c2c(nc3n1CCC3)C=CCC2=Cc1ccccc1. The van der Waals surface area contributed by atoms with Crippen molar-refractivity contribution < 1.29 is 0 Å². The van der Waals surface area contributed by atoms with E-state index in [2.05, 4.69) is 29.3 Å². The minimum atomic E-state index is 0.124. The van der Waals surface area contributed by atoms with E-state index >= 15 is 0 Å². The van der Waals surface area contributed by atoms with E-state index in [-0.39, 0.29) is 5.56 Å². The molecule has 2 aromatic rings. The van der Waals surface area contributed by atoms with Gasteiger partial charge >= 0.3 is 0 Å². The topological polar surface area (TPSA) is 34.9 Å². The van der Waals surface area contributed by atoms with Gasteiger partial charge in [0.1, 0.15) is 5.82 Å². The molecule has 1 aliphatic heterocycles. The molecule has 0 saturated heterocycles. The van der Waals surface area contributed by atoms with Gasteiger partial charge in [0.05, 0.1) is 11.3 Å². The van der Waals surface area contributed by atoms with Gasteiger partial charge in [-0.25, -0.2) is 4.98 Å². The maximum Gasteiger partial charge on any atom is 0.261 e. The predicted molar refractivity (Wildman–Crippen MR) is 84.8 cm³/mol. The second-order valence-electron chi connectivity index (χ2n) is 5.54. The zero-order chi connectivity index (χ0) is 14.2. The van der Waals surface area contributed by atoms with Gasteiger partial charge < -0.3 is 0 Å². The minimum absolute atomic E-state index is 0.124. The average Bonchev–Trinajstić information content (AvgIpc) is 2.97. The van der Waals surface area contributed by atoms with Gasteiger partial charge in [-0.05, 0) is 30.1 Å². The molecule has 3 nitrogen and oxygen atoms in total. The Morgan fingerprint density at radius 1 is 1.19 bits per heavy atom. The molecule has 4 rings (SSSR count). The van der Waals surface area contributed by atoms with E-state index < -0.39 is 0 Å². The molecule has 0 atom stereocenters. The van der Waals surface area contributed by atoms with E-state index in [0.29, 0.717) is 0 Å². The molecule has 0 spiro atoms. The second-order valence-corrected chi connectivity index (χ2v) is 5.54. The molecule has 0 bridgehead atoms. The number of aryl methyl sites for hydroxylation is 1. The molecule has 0 unspecified atom stereocenters. The smallest absolute Gasteiger partial charge is 0.261 e. The minimum Gasteiger partial charge on any atom is -0.296 e. The van der Waals surface area contributed by atoms with Crippen molar-refractivity contribution in [3.63, 3.8) is 0 Å². The molecule has 0 amide bonds. The van der Waals surface area contributed by atoms with E-state index in [9.17, 15) is 4.79 Å². The van der Waals surface area contributed by atoms with Gasteiger partial charge in [0, 0.05) is 13.0 Å². The van der Waals surface area contributed by atoms with Gasteiger partial charge in [0.15, 0.2) is 0 Å². The highest BCUT2D eigenvalue weighted by Gasteiger charge is 2.22. The summed E-state index contributed by atoms with van der Waals surface area (Å²) in [5.74, 6) is 0.935. The van der Waals surface area contributed by atoms with Crippen molar-refractivity contribution in [2.24, 2.45) is 0 Å². The summed E-state index contributed by atoms with van der Waals surface area (Å²) in [6, 6.07) is 10.1. The van der Waals surface area contributed by atoms with Crippen LogP contribution < -0.4 is 5.56 Å². The standard InChI is InChI=1S/C18H16N2O/c21-18-17-14(12-13-6-2-1-3-7-13)8-4-9-15(17)19-16-10-5-11-20(16)18/h1-4,6-7,9,12H,5,8,10-11H2. The molecule has 104 valence electrons. The van der Waals surface area contributed by atoms with Crippen LogP contribution in [0.1, 0.15) is 35.5 Å². The molecule has 1 aromatic carbocycles. The third-order valence-electron chi connectivity index (χ3n) is 4.13. The fourth-order valence-electron chi connectivity index (χ4n) is 3.14. The van der Waals surface area contributed by atoms with Crippen LogP contribution in [0.15, 0.2) is 41.2 Å². The maximum absolute atomic E-state index is 12.8. The van der Waals surface area contributed by atoms with Crippen LogP contribution in [-0.4, -0.2) is 9.55 Å². The number of allylic oxidation sites excluding steroid dienone is 2. The van der Waals surface area contributed by atoms with Crippen LogP contribution in [0.5, 0.6) is 0 Å². The monoisotopic (exact) mass is 276 g/mol. The van der Waals surface area contributed by atoms with E-state index in [1.165, 1.54) is 0 Å². The molecule has 0 N–H and O–H groups in total. The highest BCUT2D eigenvalue weighted by molar-refractivity contribution is 5.87. The number of hydrogen-bond donors (Lipinski definition) is 0. The molecule has 2 heterocycles. The normalized spacial score (nSPS) is 17.8. The van der Waals surface area contributed by atoms with Crippen molar-refractivity contribution in [1.82, 2.24) is 9.55 Å². The lowest BCUT2D eigenvalue weighted by molar-refractivity contribution is 0.707. The highest BCUT2D eigenvalue weighted by Crippen LogP contribution is 2.28. The molecule has 0 radical (unpaired) electrons. The summed E-state index contributed by atoms with van der Waals surface area (Å²) in [5, 5.41) is 0. The number of fused-ring (bicyclic) bond motifs is 2. The van der Waals surface area contributed by atoms with Crippen molar-refractivity contribution >= 4 is 17.7 Å². The Balaban J connectivity index is 1.91. The Hall–Kier alpha value is -2.42. The van der Waals surface area contributed by atoms with Crippen LogP contribution in [0, 0.1) is 0 Å². The first kappa shape index (κ1) is 12.3. The van der Waals surface area contributed by atoms with Crippen LogP contribution in [0.2, 0.25) is 0 Å². The first-order valence-corrected chi connectivity index (χ1v) is 7.39. The quantitative estimate of drug-likeness (QED) is 0.802. The summed E-state index contributed by atoms with van der Waals surface area (Å²) in [6.45, 7) is 0.802. The largest absolute Gasteiger partial charge is 0.296 e. The molecular formula is C18H16N2O. The lowest BCUT2D eigenvalue weighted by atomic mass is 9.95. The molecule has 3 heteroatoms. The van der Waals surface area contributed by atoms with Gasteiger partial charge in [-0.3, -0.25) is 9.36 Å². The van der Waals surface area contributed by atoms with E-state index in [1.807, 2.05) is 28.8 Å². The predicted octanol–water partition coefficient (Wildman–Crippen LogP) is 3.15. The van der Waals surface area contributed by atoms with Gasteiger partial charge in [-0.2, -0.15) is 0 Å². The number of rotatable bonds is 1. The average molecular weight is 276 g/mol. The Morgan fingerprint density at radius 2 is 2.05 bits per heavy atom. The summed E-state index contributed by atoms with van der Waals surface area (Å²) in [4.78, 5) is 17.4. The number of benzene rings is 1. The van der Waals surface area contributed by atoms with Crippen molar-refractivity contribution in [1.29, 1.82) is 0 Å². The van der Waals surface area contributed by atoms with Gasteiger partial charge in [0.2, 0.25) is 0 Å². The van der Waals surface area contributed by atoms with E-state index in [4.69, 9.17) is 0 Å². The summed E-state index contributed by atoms with van der Waals surface area (Å²) >= 11 is 0. The lowest BCUT2D eigenvalue weighted by Crippen LogP contribution is -2.26. The maximum atomic E-state index is 12.8. The zero-order valence-electron chi connectivity index (χ0n) is 11.7. The van der Waals surface area contributed by atoms with Crippen molar-refractivity contribution in [2.45, 2.75) is 25.8 Å². The lowest BCUT2D eigenvalue weighted by Gasteiger charge is -2.15. The van der Waals surface area contributed by atoms with E-state index in [1.54, 1.807) is 0 Å². The fourth-order valence-corrected chi connectivity index (χ4v) is 3.14. The zero-order valence-corrected chi connectivity index (χ0v) is 11.7. The van der Waals surface area contributed by atoms with Crippen molar-refractivity contribution in [3.05, 3.63) is 69.4 Å². The van der Waals surface area contributed by atoms with Crippen LogP contribution >= 0.6 is 0 Å². The third kappa shape index (κ3) is 2.05. The Kier molecular flexibility index (Phi) is 2.85. The molecular weight excluding hydrogens is 260 g/mol. The Labute approximate surface area is 123 Å². The number of nitrogens with zero attached hydrogens (tertiary/aromatic N) is 2. The first-order chi connectivity index (χ1) is 10.3. The third-order valence-corrected chi connectivity index (χ3v) is 4.13. The summed E-state index contributed by atoms with van der Waals surface area (Å²) in [5.41, 5.74) is 3.93. The van der Waals surface area contributed by atoms with Crippen LogP contribution in [0.3, 0.4) is 0 Å². The van der Waals surface area contributed by atoms with Gasteiger partial charge in [-0.1, -0.05) is 42.5 Å². The molecule has 21 heavy (non-hydrogen) atoms. The Morgan fingerprint density at radius 3 is 2.90 bits per heavy atom. The van der Waals surface area contributed by atoms with Gasteiger partial charge in [0.25, 0.3) is 5.56 Å². The van der Waals surface area contributed by atoms with E-state index in [0.717, 1.165) is 54.0 Å². The van der Waals surface area contributed by atoms with Gasteiger partial charge in [-0.15, -0.1) is 0 Å². The summed E-state index contributed by atoms with van der Waals surface area (Å²) < 4.78 is 1.84. The Bertz CT molecular complexity index is 813. The molecule has 0 fully saturated rings. The summed E-state index contributed by atoms with van der Waals surface area (Å²) in [7, 11) is 0. The van der Waals surface area contributed by atoms with Crippen LogP contribution in [0.4, 0.5) is 0 Å². The molecule has 0 saturated carbocycles.